The van der Waals surface area contributed by atoms with Crippen LogP contribution in [0.4, 0.5) is 0 Å². The number of benzene rings is 2. The normalized spacial score (nSPS) is 10.2. The minimum Gasteiger partial charge on any atom is -0.352 e. The average molecular weight is 274 g/mol. The summed E-state index contributed by atoms with van der Waals surface area (Å²) in [7, 11) is 0. The summed E-state index contributed by atoms with van der Waals surface area (Å²) in [6.07, 6.45) is 0.800. The molecular formula is C16H16ClNO. The molecule has 0 saturated carbocycles. The number of carbonyl (C=O) groups is 1. The van der Waals surface area contributed by atoms with E-state index in [2.05, 4.69) is 5.32 Å². The Labute approximate surface area is 118 Å². The van der Waals surface area contributed by atoms with Gasteiger partial charge in [-0.1, -0.05) is 41.4 Å². The smallest absolute Gasteiger partial charge is 0.251 e. The van der Waals surface area contributed by atoms with Crippen LogP contribution in [0.25, 0.3) is 0 Å². The van der Waals surface area contributed by atoms with E-state index in [0.29, 0.717) is 12.1 Å². The molecule has 2 rings (SSSR count). The quantitative estimate of drug-likeness (QED) is 0.906. The minimum absolute atomic E-state index is 0.0299. The molecule has 1 amide bonds. The maximum atomic E-state index is 11.9. The number of rotatable bonds is 4. The van der Waals surface area contributed by atoms with Crippen molar-refractivity contribution in [2.45, 2.75) is 13.3 Å². The number of carbonyl (C=O) groups excluding carboxylic acids is 1. The molecule has 0 aliphatic rings. The van der Waals surface area contributed by atoms with Crippen molar-refractivity contribution < 1.29 is 4.79 Å². The summed E-state index contributed by atoms with van der Waals surface area (Å²) in [4.78, 5) is 11.9. The summed E-state index contributed by atoms with van der Waals surface area (Å²) in [5.41, 5.74) is 2.95. The molecular weight excluding hydrogens is 258 g/mol. The number of amides is 1. The first kappa shape index (κ1) is 13.6. The second-order valence-corrected chi connectivity index (χ2v) is 4.94. The molecule has 0 aromatic heterocycles. The zero-order valence-corrected chi connectivity index (χ0v) is 11.6. The molecule has 0 aliphatic carbocycles. The van der Waals surface area contributed by atoms with E-state index < -0.39 is 0 Å². The summed E-state index contributed by atoms with van der Waals surface area (Å²) < 4.78 is 0. The Kier molecular flexibility index (Phi) is 4.58. The fraction of sp³-hybridized carbons (Fsp3) is 0.188. The lowest BCUT2D eigenvalue weighted by molar-refractivity contribution is 0.0954. The van der Waals surface area contributed by atoms with E-state index in [0.717, 1.165) is 22.6 Å². The number of aryl methyl sites for hydroxylation is 1. The third-order valence-corrected chi connectivity index (χ3v) is 3.14. The van der Waals surface area contributed by atoms with Gasteiger partial charge in [-0.05, 0) is 43.2 Å². The van der Waals surface area contributed by atoms with Gasteiger partial charge in [0.15, 0.2) is 0 Å². The van der Waals surface area contributed by atoms with Crippen LogP contribution in [0.5, 0.6) is 0 Å². The van der Waals surface area contributed by atoms with Crippen molar-refractivity contribution in [3.05, 3.63) is 70.2 Å². The molecule has 2 nitrogen and oxygen atoms in total. The first-order valence-corrected chi connectivity index (χ1v) is 6.62. The van der Waals surface area contributed by atoms with Gasteiger partial charge in [0.1, 0.15) is 0 Å². The zero-order valence-electron chi connectivity index (χ0n) is 10.8. The SMILES string of the molecule is Cc1cccc(C(=O)NCCc2ccc(Cl)cc2)c1. The van der Waals surface area contributed by atoms with Crippen LogP contribution >= 0.6 is 11.6 Å². The highest BCUT2D eigenvalue weighted by molar-refractivity contribution is 6.30. The van der Waals surface area contributed by atoms with Crippen molar-refractivity contribution in [3.63, 3.8) is 0 Å². The lowest BCUT2D eigenvalue weighted by Gasteiger charge is -2.06. The molecule has 0 atom stereocenters. The highest BCUT2D eigenvalue weighted by Crippen LogP contribution is 2.09. The van der Waals surface area contributed by atoms with Gasteiger partial charge in [-0.3, -0.25) is 4.79 Å². The Morgan fingerprint density at radius 2 is 1.89 bits per heavy atom. The van der Waals surface area contributed by atoms with Crippen LogP contribution in [-0.2, 0) is 6.42 Å². The van der Waals surface area contributed by atoms with Crippen LogP contribution in [0.15, 0.2) is 48.5 Å². The van der Waals surface area contributed by atoms with Gasteiger partial charge in [-0.15, -0.1) is 0 Å². The summed E-state index contributed by atoms with van der Waals surface area (Å²) in [6.45, 7) is 2.60. The molecule has 0 aliphatic heterocycles. The topological polar surface area (TPSA) is 29.1 Å². The van der Waals surface area contributed by atoms with E-state index >= 15 is 0 Å². The summed E-state index contributed by atoms with van der Waals surface area (Å²) in [6, 6.07) is 15.2. The molecule has 2 aromatic rings. The van der Waals surface area contributed by atoms with Gasteiger partial charge in [0, 0.05) is 17.1 Å². The zero-order chi connectivity index (χ0) is 13.7. The summed E-state index contributed by atoms with van der Waals surface area (Å²) >= 11 is 5.82. The first-order chi connectivity index (χ1) is 9.15. The molecule has 0 radical (unpaired) electrons. The van der Waals surface area contributed by atoms with Gasteiger partial charge in [-0.2, -0.15) is 0 Å². The fourth-order valence-corrected chi connectivity index (χ4v) is 1.99. The molecule has 19 heavy (non-hydrogen) atoms. The van der Waals surface area contributed by atoms with Crippen molar-refractivity contribution in [1.29, 1.82) is 0 Å². The molecule has 0 fully saturated rings. The second kappa shape index (κ2) is 6.39. The van der Waals surface area contributed by atoms with Gasteiger partial charge < -0.3 is 5.32 Å². The van der Waals surface area contributed by atoms with Gasteiger partial charge in [0.25, 0.3) is 5.91 Å². The highest BCUT2D eigenvalue weighted by Gasteiger charge is 2.04. The van der Waals surface area contributed by atoms with E-state index in [9.17, 15) is 4.79 Å². The first-order valence-electron chi connectivity index (χ1n) is 6.24. The van der Waals surface area contributed by atoms with Crippen molar-refractivity contribution in [2.24, 2.45) is 0 Å². The monoisotopic (exact) mass is 273 g/mol. The van der Waals surface area contributed by atoms with Gasteiger partial charge in [0.2, 0.25) is 0 Å². The third-order valence-electron chi connectivity index (χ3n) is 2.89. The average Bonchev–Trinajstić information content (AvgIpc) is 2.41. The predicted molar refractivity (Wildman–Crippen MR) is 78.7 cm³/mol. The van der Waals surface area contributed by atoms with Crippen LogP contribution in [-0.4, -0.2) is 12.5 Å². The maximum Gasteiger partial charge on any atom is 0.251 e. The standard InChI is InChI=1S/C16H16ClNO/c1-12-3-2-4-14(11-12)16(19)18-10-9-13-5-7-15(17)8-6-13/h2-8,11H,9-10H2,1H3,(H,18,19). The summed E-state index contributed by atoms with van der Waals surface area (Å²) in [5, 5.41) is 3.65. The number of halogens is 1. The van der Waals surface area contributed by atoms with Gasteiger partial charge in [0.05, 0.1) is 0 Å². The van der Waals surface area contributed by atoms with E-state index in [1.54, 1.807) is 0 Å². The van der Waals surface area contributed by atoms with Crippen LogP contribution in [0, 0.1) is 6.92 Å². The van der Waals surface area contributed by atoms with Crippen LogP contribution < -0.4 is 5.32 Å². The highest BCUT2D eigenvalue weighted by atomic mass is 35.5. The fourth-order valence-electron chi connectivity index (χ4n) is 1.86. The van der Waals surface area contributed by atoms with Crippen molar-refractivity contribution in [1.82, 2.24) is 5.32 Å². The number of hydrogen-bond acceptors (Lipinski definition) is 1. The van der Waals surface area contributed by atoms with E-state index in [1.165, 1.54) is 0 Å². The van der Waals surface area contributed by atoms with Gasteiger partial charge >= 0.3 is 0 Å². The van der Waals surface area contributed by atoms with Crippen molar-refractivity contribution in [3.8, 4) is 0 Å². The molecule has 0 saturated heterocycles. The Balaban J connectivity index is 1.86. The molecule has 1 N–H and O–H groups in total. The lowest BCUT2D eigenvalue weighted by Crippen LogP contribution is -2.25. The Hall–Kier alpha value is -1.80. The molecule has 2 aromatic carbocycles. The predicted octanol–water partition coefficient (Wildman–Crippen LogP) is 3.62. The van der Waals surface area contributed by atoms with Crippen LogP contribution in [0.3, 0.4) is 0 Å². The molecule has 98 valence electrons. The Bertz CT molecular complexity index is 563. The second-order valence-electron chi connectivity index (χ2n) is 4.50. The molecule has 0 unspecified atom stereocenters. The van der Waals surface area contributed by atoms with Crippen molar-refractivity contribution in [2.75, 3.05) is 6.54 Å². The van der Waals surface area contributed by atoms with Crippen molar-refractivity contribution >= 4 is 17.5 Å². The Morgan fingerprint density at radius 1 is 1.16 bits per heavy atom. The van der Waals surface area contributed by atoms with Gasteiger partial charge in [-0.25, -0.2) is 0 Å². The third kappa shape index (κ3) is 4.11. The lowest BCUT2D eigenvalue weighted by atomic mass is 10.1. The van der Waals surface area contributed by atoms with E-state index in [4.69, 9.17) is 11.6 Å². The van der Waals surface area contributed by atoms with Crippen LogP contribution in [0.1, 0.15) is 21.5 Å². The van der Waals surface area contributed by atoms with E-state index in [-0.39, 0.29) is 5.91 Å². The largest absolute Gasteiger partial charge is 0.352 e. The molecule has 0 heterocycles. The minimum atomic E-state index is -0.0299. The molecule has 0 spiro atoms. The van der Waals surface area contributed by atoms with E-state index in [1.807, 2.05) is 55.5 Å². The number of nitrogens with one attached hydrogen (secondary N) is 1. The molecule has 3 heteroatoms. The summed E-state index contributed by atoms with van der Waals surface area (Å²) in [5.74, 6) is -0.0299. The Morgan fingerprint density at radius 3 is 2.58 bits per heavy atom. The number of hydrogen-bond donors (Lipinski definition) is 1. The molecule has 0 bridgehead atoms. The maximum absolute atomic E-state index is 11.9. The van der Waals surface area contributed by atoms with Crippen LogP contribution in [0.2, 0.25) is 5.02 Å².